The molecular formula is C18H15N. The minimum absolute atomic E-state index is 0.594. The van der Waals surface area contributed by atoms with E-state index in [1.54, 1.807) is 0 Å². The van der Waals surface area contributed by atoms with E-state index in [0.29, 0.717) is 6.54 Å². The highest BCUT2D eigenvalue weighted by molar-refractivity contribution is 6.12. The van der Waals surface area contributed by atoms with Crippen LogP contribution in [0.2, 0.25) is 0 Å². The van der Waals surface area contributed by atoms with E-state index in [1.807, 2.05) is 0 Å². The van der Waals surface area contributed by atoms with Gasteiger partial charge in [0.15, 0.2) is 0 Å². The number of nitrogens with two attached hydrogens (primary N) is 1. The monoisotopic (exact) mass is 245 g/mol. The summed E-state index contributed by atoms with van der Waals surface area (Å²) in [5.41, 5.74) is 8.52. The van der Waals surface area contributed by atoms with Gasteiger partial charge in [-0.3, -0.25) is 0 Å². The summed E-state index contributed by atoms with van der Waals surface area (Å²) < 4.78 is 0. The maximum Gasteiger partial charge on any atom is 0.0184 e. The lowest BCUT2D eigenvalue weighted by Gasteiger charge is -2.12. The summed E-state index contributed by atoms with van der Waals surface area (Å²) in [5, 5.41) is 6.70. The number of hydrogen-bond donors (Lipinski definition) is 1. The van der Waals surface area contributed by atoms with Gasteiger partial charge >= 0.3 is 0 Å². The molecule has 0 saturated heterocycles. The zero-order chi connectivity index (χ0) is 12.8. The van der Waals surface area contributed by atoms with Crippen LogP contribution in [0.5, 0.6) is 0 Å². The second-order valence-corrected chi connectivity index (χ2v) is 5.13. The third-order valence-corrected chi connectivity index (χ3v) is 4.09. The first-order valence-electron chi connectivity index (χ1n) is 6.71. The molecule has 0 fully saturated rings. The van der Waals surface area contributed by atoms with Crippen molar-refractivity contribution in [2.45, 2.75) is 13.0 Å². The zero-order valence-corrected chi connectivity index (χ0v) is 10.7. The van der Waals surface area contributed by atoms with E-state index in [9.17, 15) is 0 Å². The van der Waals surface area contributed by atoms with Crippen molar-refractivity contribution in [2.24, 2.45) is 5.73 Å². The Hall–Kier alpha value is -2.12. The Balaban J connectivity index is 2.33. The Morgan fingerprint density at radius 1 is 0.947 bits per heavy atom. The molecule has 0 aromatic heterocycles. The molecule has 3 aromatic carbocycles. The van der Waals surface area contributed by atoms with Crippen molar-refractivity contribution in [3.63, 3.8) is 0 Å². The van der Waals surface area contributed by atoms with Crippen molar-refractivity contribution in [3.8, 4) is 0 Å². The second-order valence-electron chi connectivity index (χ2n) is 5.13. The quantitative estimate of drug-likeness (QED) is 0.700. The van der Waals surface area contributed by atoms with Crippen molar-refractivity contribution in [1.29, 1.82) is 0 Å². The van der Waals surface area contributed by atoms with Gasteiger partial charge < -0.3 is 5.73 Å². The maximum absolute atomic E-state index is 5.88. The SMILES string of the molecule is NCc1ccc2ccc3c4c(ccc1c24)CC=CC=3. The molecule has 3 aromatic rings. The third-order valence-electron chi connectivity index (χ3n) is 4.09. The van der Waals surface area contributed by atoms with Crippen LogP contribution in [-0.2, 0) is 13.0 Å². The van der Waals surface area contributed by atoms with E-state index in [1.165, 1.54) is 37.9 Å². The summed E-state index contributed by atoms with van der Waals surface area (Å²) in [6.45, 7) is 0.594. The highest BCUT2D eigenvalue weighted by Crippen LogP contribution is 2.30. The molecule has 0 saturated carbocycles. The Labute approximate surface area is 112 Å². The molecule has 0 radical (unpaired) electrons. The molecule has 1 aliphatic carbocycles. The van der Waals surface area contributed by atoms with Gasteiger partial charge in [0.2, 0.25) is 0 Å². The number of allylic oxidation sites excluding steroid dienone is 2. The summed E-state index contributed by atoms with van der Waals surface area (Å²) >= 11 is 0. The van der Waals surface area contributed by atoms with E-state index in [0.717, 1.165) is 6.42 Å². The van der Waals surface area contributed by atoms with Gasteiger partial charge in [0.05, 0.1) is 0 Å². The van der Waals surface area contributed by atoms with Crippen LogP contribution >= 0.6 is 0 Å². The van der Waals surface area contributed by atoms with Crippen LogP contribution in [0.3, 0.4) is 0 Å². The van der Waals surface area contributed by atoms with E-state index in [2.05, 4.69) is 54.6 Å². The highest BCUT2D eigenvalue weighted by Gasteiger charge is 2.10. The van der Waals surface area contributed by atoms with Crippen LogP contribution in [0.25, 0.3) is 27.6 Å². The van der Waals surface area contributed by atoms with Crippen molar-refractivity contribution >= 4 is 27.6 Å². The van der Waals surface area contributed by atoms with E-state index in [4.69, 9.17) is 5.73 Å². The standard InChI is InChI=1S/C18H15N/c19-11-15-8-7-14-6-5-12-3-1-2-4-13-9-10-16(15)18(14)17(12)13/h1-3,5-10H,4,11,19H2. The van der Waals surface area contributed by atoms with Gasteiger partial charge in [-0.15, -0.1) is 0 Å². The summed E-state index contributed by atoms with van der Waals surface area (Å²) in [6, 6.07) is 13.3. The minimum atomic E-state index is 0.594. The largest absolute Gasteiger partial charge is 0.326 e. The predicted molar refractivity (Wildman–Crippen MR) is 81.9 cm³/mol. The molecular weight excluding hydrogens is 230 g/mol. The van der Waals surface area contributed by atoms with Gasteiger partial charge in [0.1, 0.15) is 0 Å². The van der Waals surface area contributed by atoms with Gasteiger partial charge in [-0.1, -0.05) is 54.6 Å². The molecule has 4 rings (SSSR count). The maximum atomic E-state index is 5.88. The van der Waals surface area contributed by atoms with Gasteiger partial charge in [0.25, 0.3) is 0 Å². The Bertz CT molecular complexity index is 872. The molecule has 19 heavy (non-hydrogen) atoms. The first-order chi connectivity index (χ1) is 9.38. The van der Waals surface area contributed by atoms with Gasteiger partial charge in [-0.25, -0.2) is 0 Å². The molecule has 1 heteroatoms. The summed E-state index contributed by atoms with van der Waals surface area (Å²) in [6.07, 6.45) is 7.60. The minimum Gasteiger partial charge on any atom is -0.326 e. The third kappa shape index (κ3) is 1.45. The average molecular weight is 245 g/mol. The number of hydrogen-bond acceptors (Lipinski definition) is 1. The average Bonchev–Trinajstić information content (AvgIpc) is 2.68. The van der Waals surface area contributed by atoms with Crippen LogP contribution in [0.1, 0.15) is 11.1 Å². The van der Waals surface area contributed by atoms with Gasteiger partial charge in [-0.2, -0.15) is 0 Å². The fourth-order valence-electron chi connectivity index (χ4n) is 3.16. The highest BCUT2D eigenvalue weighted by atomic mass is 14.5. The zero-order valence-electron chi connectivity index (χ0n) is 10.7. The first-order valence-corrected chi connectivity index (χ1v) is 6.71. The molecule has 0 aliphatic heterocycles. The van der Waals surface area contributed by atoms with Gasteiger partial charge in [0, 0.05) is 6.54 Å². The summed E-state index contributed by atoms with van der Waals surface area (Å²) in [4.78, 5) is 0. The summed E-state index contributed by atoms with van der Waals surface area (Å²) in [7, 11) is 0. The van der Waals surface area contributed by atoms with Crippen LogP contribution in [0, 0.1) is 0 Å². The van der Waals surface area contributed by atoms with Crippen LogP contribution in [0.4, 0.5) is 0 Å². The normalized spacial score (nSPS) is 13.7. The Kier molecular flexibility index (Phi) is 2.23. The van der Waals surface area contributed by atoms with Crippen molar-refractivity contribution in [1.82, 2.24) is 0 Å². The second kappa shape index (κ2) is 3.94. The first kappa shape index (κ1) is 10.8. The topological polar surface area (TPSA) is 26.0 Å². The molecule has 0 heterocycles. The Morgan fingerprint density at radius 2 is 1.84 bits per heavy atom. The van der Waals surface area contributed by atoms with Crippen molar-refractivity contribution in [3.05, 3.63) is 64.9 Å². The fraction of sp³-hybridized carbons (Fsp3) is 0.111. The number of benzene rings is 3. The molecule has 0 spiro atoms. The molecule has 0 unspecified atom stereocenters. The smallest absolute Gasteiger partial charge is 0.0184 e. The molecule has 0 atom stereocenters. The lowest BCUT2D eigenvalue weighted by Crippen LogP contribution is -2.05. The van der Waals surface area contributed by atoms with Crippen LogP contribution in [-0.4, -0.2) is 0 Å². The molecule has 2 N–H and O–H groups in total. The van der Waals surface area contributed by atoms with E-state index in [-0.39, 0.29) is 0 Å². The van der Waals surface area contributed by atoms with Crippen LogP contribution < -0.4 is 11.0 Å². The molecule has 0 bridgehead atoms. The molecule has 1 aliphatic rings. The lowest BCUT2D eigenvalue weighted by atomic mass is 9.92. The molecule has 92 valence electrons. The fourth-order valence-corrected chi connectivity index (χ4v) is 3.16. The van der Waals surface area contributed by atoms with Crippen molar-refractivity contribution < 1.29 is 0 Å². The van der Waals surface area contributed by atoms with Gasteiger partial charge in [-0.05, 0) is 44.3 Å². The molecule has 1 nitrogen and oxygen atoms in total. The van der Waals surface area contributed by atoms with E-state index >= 15 is 0 Å². The molecule has 0 amide bonds. The van der Waals surface area contributed by atoms with Crippen LogP contribution in [0.15, 0.2) is 48.6 Å². The Morgan fingerprint density at radius 3 is 2.74 bits per heavy atom. The predicted octanol–water partition coefficient (Wildman–Crippen LogP) is 3.06. The number of rotatable bonds is 1. The lowest BCUT2D eigenvalue weighted by molar-refractivity contribution is 1.09. The summed E-state index contributed by atoms with van der Waals surface area (Å²) in [5.74, 6) is 0. The van der Waals surface area contributed by atoms with E-state index < -0.39 is 0 Å². The van der Waals surface area contributed by atoms with Crippen molar-refractivity contribution in [2.75, 3.05) is 0 Å².